The number of rotatable bonds is 5. The fourth-order valence-electron chi connectivity index (χ4n) is 2.06. The monoisotopic (exact) mass is 214 g/mol. The molecule has 0 amide bonds. The summed E-state index contributed by atoms with van der Waals surface area (Å²) >= 11 is 0. The Morgan fingerprint density at radius 1 is 1.53 bits per heavy atom. The minimum absolute atomic E-state index is 0.379. The summed E-state index contributed by atoms with van der Waals surface area (Å²) in [4.78, 5) is 13.1. The van der Waals surface area contributed by atoms with Gasteiger partial charge in [-0.1, -0.05) is 6.92 Å². The smallest absolute Gasteiger partial charge is 0.320 e. The van der Waals surface area contributed by atoms with Crippen LogP contribution in [0, 0.1) is 0 Å². The van der Waals surface area contributed by atoms with E-state index in [1.165, 1.54) is 13.0 Å². The number of carbonyl (C=O) groups is 1. The largest absolute Gasteiger partial charge is 0.480 e. The van der Waals surface area contributed by atoms with Gasteiger partial charge in [-0.05, 0) is 45.8 Å². The quantitative estimate of drug-likeness (QED) is 0.714. The Labute approximate surface area is 91.6 Å². The van der Waals surface area contributed by atoms with E-state index in [1.54, 1.807) is 6.92 Å². The van der Waals surface area contributed by atoms with Crippen molar-refractivity contribution < 1.29 is 9.90 Å². The average molecular weight is 214 g/mol. The van der Waals surface area contributed by atoms with Crippen LogP contribution in [-0.4, -0.2) is 47.7 Å². The number of carboxylic acids is 1. The van der Waals surface area contributed by atoms with Gasteiger partial charge in [-0.15, -0.1) is 0 Å². The number of nitrogens with one attached hydrogen (secondary N) is 1. The first kappa shape index (κ1) is 12.5. The fourth-order valence-corrected chi connectivity index (χ4v) is 2.06. The maximum Gasteiger partial charge on any atom is 0.320 e. The number of hydrogen-bond donors (Lipinski definition) is 2. The second-order valence-electron chi connectivity index (χ2n) is 4.34. The third-order valence-corrected chi connectivity index (χ3v) is 2.98. The highest BCUT2D eigenvalue weighted by atomic mass is 16.4. The maximum atomic E-state index is 10.7. The third kappa shape index (κ3) is 4.18. The predicted molar refractivity (Wildman–Crippen MR) is 60.0 cm³/mol. The summed E-state index contributed by atoms with van der Waals surface area (Å²) in [6, 6.07) is -0.0445. The molecule has 15 heavy (non-hydrogen) atoms. The Kier molecular flexibility index (Phi) is 5.05. The first-order valence-corrected chi connectivity index (χ1v) is 5.84. The Bertz CT molecular complexity index is 201. The SMILES string of the molecule is CCCN1CCC(N[C@H](C)C(=O)O)CC1. The van der Waals surface area contributed by atoms with Crippen molar-refractivity contribution in [1.82, 2.24) is 10.2 Å². The van der Waals surface area contributed by atoms with Gasteiger partial charge in [0, 0.05) is 6.04 Å². The second-order valence-corrected chi connectivity index (χ2v) is 4.34. The van der Waals surface area contributed by atoms with Gasteiger partial charge in [0.1, 0.15) is 6.04 Å². The van der Waals surface area contributed by atoms with Crippen LogP contribution in [0.4, 0.5) is 0 Å². The van der Waals surface area contributed by atoms with Gasteiger partial charge in [-0.3, -0.25) is 4.79 Å². The summed E-state index contributed by atoms with van der Waals surface area (Å²) in [7, 11) is 0. The van der Waals surface area contributed by atoms with Crippen molar-refractivity contribution in [2.75, 3.05) is 19.6 Å². The Morgan fingerprint density at radius 3 is 2.60 bits per heavy atom. The Balaban J connectivity index is 2.22. The van der Waals surface area contributed by atoms with Crippen LogP contribution in [0.25, 0.3) is 0 Å². The molecule has 0 bridgehead atoms. The van der Waals surface area contributed by atoms with Gasteiger partial charge in [-0.25, -0.2) is 0 Å². The highest BCUT2D eigenvalue weighted by Gasteiger charge is 2.21. The number of piperidine rings is 1. The van der Waals surface area contributed by atoms with Crippen molar-refractivity contribution in [3.05, 3.63) is 0 Å². The van der Waals surface area contributed by atoms with Crippen LogP contribution in [0.3, 0.4) is 0 Å². The van der Waals surface area contributed by atoms with Crippen LogP contribution >= 0.6 is 0 Å². The lowest BCUT2D eigenvalue weighted by Crippen LogP contribution is -2.47. The van der Waals surface area contributed by atoms with Gasteiger partial charge < -0.3 is 15.3 Å². The molecule has 1 rings (SSSR count). The molecule has 0 spiro atoms. The normalized spacial score (nSPS) is 21.5. The van der Waals surface area contributed by atoms with Crippen LogP contribution in [0.5, 0.6) is 0 Å². The molecule has 0 radical (unpaired) electrons. The zero-order valence-electron chi connectivity index (χ0n) is 9.70. The molecule has 0 aromatic carbocycles. The van der Waals surface area contributed by atoms with Crippen molar-refractivity contribution in [1.29, 1.82) is 0 Å². The average Bonchev–Trinajstić information content (AvgIpc) is 2.21. The number of nitrogens with zero attached hydrogens (tertiary/aromatic N) is 1. The van der Waals surface area contributed by atoms with E-state index < -0.39 is 12.0 Å². The fraction of sp³-hybridized carbons (Fsp3) is 0.909. The molecule has 0 aliphatic carbocycles. The lowest BCUT2D eigenvalue weighted by atomic mass is 10.0. The van der Waals surface area contributed by atoms with E-state index in [2.05, 4.69) is 17.1 Å². The lowest BCUT2D eigenvalue weighted by Gasteiger charge is -2.33. The highest BCUT2D eigenvalue weighted by molar-refractivity contribution is 5.72. The zero-order chi connectivity index (χ0) is 11.3. The van der Waals surface area contributed by atoms with Gasteiger partial charge >= 0.3 is 5.97 Å². The minimum Gasteiger partial charge on any atom is -0.480 e. The summed E-state index contributed by atoms with van der Waals surface area (Å²) in [5.74, 6) is -0.758. The molecule has 4 heteroatoms. The van der Waals surface area contributed by atoms with E-state index in [9.17, 15) is 4.79 Å². The second kappa shape index (κ2) is 6.08. The van der Waals surface area contributed by atoms with Crippen molar-refractivity contribution in [2.45, 2.75) is 45.2 Å². The van der Waals surface area contributed by atoms with E-state index in [1.807, 2.05) is 0 Å². The van der Waals surface area contributed by atoms with Gasteiger partial charge in [0.25, 0.3) is 0 Å². The Morgan fingerprint density at radius 2 is 2.13 bits per heavy atom. The zero-order valence-corrected chi connectivity index (χ0v) is 9.70. The number of carboxylic acid groups (broad SMARTS) is 1. The van der Waals surface area contributed by atoms with Crippen molar-refractivity contribution >= 4 is 5.97 Å². The molecule has 4 nitrogen and oxygen atoms in total. The summed E-state index contributed by atoms with van der Waals surface area (Å²) in [6.07, 6.45) is 3.33. The molecule has 1 saturated heterocycles. The van der Waals surface area contributed by atoms with Crippen molar-refractivity contribution in [3.63, 3.8) is 0 Å². The molecule has 1 fully saturated rings. The van der Waals surface area contributed by atoms with Crippen LogP contribution in [0.2, 0.25) is 0 Å². The number of likely N-dealkylation sites (tertiary alicyclic amines) is 1. The molecule has 1 atom stereocenters. The molecule has 1 heterocycles. The van der Waals surface area contributed by atoms with E-state index in [4.69, 9.17) is 5.11 Å². The van der Waals surface area contributed by atoms with E-state index in [0.29, 0.717) is 6.04 Å². The summed E-state index contributed by atoms with van der Waals surface area (Å²) < 4.78 is 0. The predicted octanol–water partition coefficient (Wildman–Crippen LogP) is 0.923. The molecule has 0 saturated carbocycles. The van der Waals surface area contributed by atoms with Crippen LogP contribution in [0.1, 0.15) is 33.1 Å². The molecule has 0 aromatic heterocycles. The maximum absolute atomic E-state index is 10.7. The van der Waals surface area contributed by atoms with Gasteiger partial charge in [0.15, 0.2) is 0 Å². The van der Waals surface area contributed by atoms with E-state index in [-0.39, 0.29) is 0 Å². The van der Waals surface area contributed by atoms with Crippen LogP contribution in [-0.2, 0) is 4.79 Å². The molecule has 1 aliphatic rings. The molecular formula is C11H22N2O2. The molecular weight excluding hydrogens is 192 g/mol. The van der Waals surface area contributed by atoms with E-state index in [0.717, 1.165) is 25.9 Å². The molecule has 0 unspecified atom stereocenters. The molecule has 1 aliphatic heterocycles. The molecule has 88 valence electrons. The number of aliphatic carboxylic acids is 1. The molecule has 0 aromatic rings. The Hall–Kier alpha value is -0.610. The van der Waals surface area contributed by atoms with Crippen molar-refractivity contribution in [3.8, 4) is 0 Å². The summed E-state index contributed by atoms with van der Waals surface area (Å²) in [5.41, 5.74) is 0. The van der Waals surface area contributed by atoms with Crippen LogP contribution in [0.15, 0.2) is 0 Å². The molecule has 2 N–H and O–H groups in total. The van der Waals surface area contributed by atoms with Gasteiger partial charge in [-0.2, -0.15) is 0 Å². The van der Waals surface area contributed by atoms with Gasteiger partial charge in [0.2, 0.25) is 0 Å². The summed E-state index contributed by atoms with van der Waals surface area (Å²) in [5, 5.41) is 11.9. The van der Waals surface area contributed by atoms with Crippen molar-refractivity contribution in [2.24, 2.45) is 0 Å². The third-order valence-electron chi connectivity index (χ3n) is 2.98. The van der Waals surface area contributed by atoms with E-state index >= 15 is 0 Å². The van der Waals surface area contributed by atoms with Gasteiger partial charge in [0.05, 0.1) is 0 Å². The standard InChI is InChI=1S/C11H22N2O2/c1-3-6-13-7-4-10(5-8-13)12-9(2)11(14)15/h9-10,12H,3-8H2,1-2H3,(H,14,15)/t9-/m1/s1. The van der Waals surface area contributed by atoms with Crippen LogP contribution < -0.4 is 5.32 Å². The lowest BCUT2D eigenvalue weighted by molar-refractivity contribution is -0.139. The first-order chi connectivity index (χ1) is 7.13. The minimum atomic E-state index is -0.758. The first-order valence-electron chi connectivity index (χ1n) is 5.84. The summed E-state index contributed by atoms with van der Waals surface area (Å²) in [6.45, 7) is 7.26. The topological polar surface area (TPSA) is 52.6 Å². The highest BCUT2D eigenvalue weighted by Crippen LogP contribution is 2.11. The number of hydrogen-bond acceptors (Lipinski definition) is 3.